The van der Waals surface area contributed by atoms with Gasteiger partial charge in [0.05, 0.1) is 15.1 Å². The Kier molecular flexibility index (Phi) is 5.33. The maximum absolute atomic E-state index is 12.9. The van der Waals surface area contributed by atoms with Gasteiger partial charge in [-0.2, -0.15) is 0 Å². The molecule has 1 N–H and O–H groups in total. The van der Waals surface area contributed by atoms with E-state index in [2.05, 4.69) is 10.3 Å². The quantitative estimate of drug-likeness (QED) is 0.586. The van der Waals surface area contributed by atoms with Crippen molar-refractivity contribution in [3.8, 4) is 11.5 Å². The van der Waals surface area contributed by atoms with E-state index in [0.29, 0.717) is 58.8 Å². The molecule has 172 valence electrons. The third-order valence-electron chi connectivity index (χ3n) is 5.30. The predicted molar refractivity (Wildman–Crippen MR) is 123 cm³/mol. The minimum atomic E-state index is -3.34. The summed E-state index contributed by atoms with van der Waals surface area (Å²) >= 11 is 1.18. The minimum Gasteiger partial charge on any atom is -0.486 e. The Morgan fingerprint density at radius 2 is 1.91 bits per heavy atom. The van der Waals surface area contributed by atoms with Crippen LogP contribution in [0.5, 0.6) is 11.5 Å². The molecule has 0 saturated carbocycles. The Labute approximate surface area is 193 Å². The molecule has 2 aliphatic heterocycles. The van der Waals surface area contributed by atoms with Crippen LogP contribution in [0.25, 0.3) is 10.2 Å². The number of benzene rings is 2. The van der Waals surface area contributed by atoms with Crippen LogP contribution in [0, 0.1) is 0 Å². The minimum absolute atomic E-state index is 0.121. The Morgan fingerprint density at radius 3 is 2.70 bits per heavy atom. The number of hydrogen-bond acceptors (Lipinski definition) is 8. The number of fused-ring (bicyclic) bond motifs is 2. The lowest BCUT2D eigenvalue weighted by atomic mass is 10.2. The standard InChI is InChI=1S/C21H20N4O6S2/c1-33(28,29)14-3-4-15-18(11-14)32-20(22-15)23-19(26)12-24-6-7-25(21(24)27)13-2-5-16-17(10-13)31-9-8-30-16/h2-5,10-11H,6-9,12H2,1H3,(H,22,23,26). The molecule has 3 amide bonds. The molecular weight excluding hydrogens is 468 g/mol. The molecule has 1 aromatic heterocycles. The van der Waals surface area contributed by atoms with E-state index in [0.717, 1.165) is 6.26 Å². The van der Waals surface area contributed by atoms with Crippen molar-refractivity contribution in [2.75, 3.05) is 49.3 Å². The molecule has 0 spiro atoms. The number of rotatable bonds is 5. The average Bonchev–Trinajstić information content (AvgIpc) is 3.35. The molecule has 0 unspecified atom stereocenters. The third-order valence-corrected chi connectivity index (χ3v) is 7.35. The second-order valence-corrected chi connectivity index (χ2v) is 10.7. The Balaban J connectivity index is 1.24. The van der Waals surface area contributed by atoms with E-state index in [4.69, 9.17) is 9.47 Å². The summed E-state index contributed by atoms with van der Waals surface area (Å²) in [5, 5.41) is 3.05. The van der Waals surface area contributed by atoms with Crippen molar-refractivity contribution < 1.29 is 27.5 Å². The second-order valence-electron chi connectivity index (χ2n) is 7.65. The second kappa shape index (κ2) is 8.19. The van der Waals surface area contributed by atoms with Gasteiger partial charge in [-0.05, 0) is 30.3 Å². The van der Waals surface area contributed by atoms with Crippen LogP contribution in [-0.4, -0.2) is 69.3 Å². The van der Waals surface area contributed by atoms with Gasteiger partial charge in [-0.15, -0.1) is 0 Å². The monoisotopic (exact) mass is 488 g/mol. The van der Waals surface area contributed by atoms with Gasteiger partial charge in [-0.1, -0.05) is 11.3 Å². The highest BCUT2D eigenvalue weighted by molar-refractivity contribution is 7.90. The number of thiazole rings is 1. The maximum atomic E-state index is 12.9. The SMILES string of the molecule is CS(=O)(=O)c1ccc2nc(NC(=O)CN3CCN(c4ccc5c(c4)OCCO5)C3=O)sc2c1. The summed E-state index contributed by atoms with van der Waals surface area (Å²) in [6.45, 7) is 1.67. The largest absolute Gasteiger partial charge is 0.486 e. The number of carbonyl (C=O) groups excluding carboxylic acids is 2. The molecule has 33 heavy (non-hydrogen) atoms. The van der Waals surface area contributed by atoms with E-state index in [9.17, 15) is 18.0 Å². The van der Waals surface area contributed by atoms with E-state index in [1.54, 1.807) is 29.2 Å². The molecule has 3 aromatic rings. The first-order valence-corrected chi connectivity index (χ1v) is 12.9. The molecule has 3 heterocycles. The molecule has 2 aliphatic rings. The van der Waals surface area contributed by atoms with Crippen molar-refractivity contribution in [3.63, 3.8) is 0 Å². The Morgan fingerprint density at radius 1 is 1.12 bits per heavy atom. The number of anilines is 2. The number of amides is 3. The topological polar surface area (TPSA) is 118 Å². The number of ether oxygens (including phenoxy) is 2. The molecule has 12 heteroatoms. The molecular formula is C21H20N4O6S2. The molecule has 0 aliphatic carbocycles. The molecule has 1 saturated heterocycles. The van der Waals surface area contributed by atoms with Gasteiger partial charge < -0.3 is 19.7 Å². The van der Waals surface area contributed by atoms with Crippen LogP contribution in [0.1, 0.15) is 0 Å². The molecule has 0 radical (unpaired) electrons. The van der Waals surface area contributed by atoms with Gasteiger partial charge in [0.25, 0.3) is 0 Å². The van der Waals surface area contributed by atoms with Gasteiger partial charge in [0.1, 0.15) is 19.8 Å². The number of sulfone groups is 1. The molecule has 1 fully saturated rings. The van der Waals surface area contributed by atoms with Gasteiger partial charge in [0.15, 0.2) is 26.5 Å². The summed E-state index contributed by atoms with van der Waals surface area (Å²) in [6, 6.07) is 9.68. The lowest BCUT2D eigenvalue weighted by Gasteiger charge is -2.22. The Bertz CT molecular complexity index is 1370. The van der Waals surface area contributed by atoms with Crippen molar-refractivity contribution in [2.24, 2.45) is 0 Å². The predicted octanol–water partition coefficient (Wildman–Crippen LogP) is 2.35. The van der Waals surface area contributed by atoms with Gasteiger partial charge in [0.2, 0.25) is 5.91 Å². The number of carbonyl (C=O) groups is 2. The zero-order chi connectivity index (χ0) is 23.2. The van der Waals surface area contributed by atoms with Crippen LogP contribution in [0.15, 0.2) is 41.3 Å². The van der Waals surface area contributed by atoms with Crippen molar-refractivity contribution in [3.05, 3.63) is 36.4 Å². The molecule has 10 nitrogen and oxygen atoms in total. The number of aromatic nitrogens is 1. The van der Waals surface area contributed by atoms with Crippen LogP contribution >= 0.6 is 11.3 Å². The smallest absolute Gasteiger partial charge is 0.325 e. The van der Waals surface area contributed by atoms with Gasteiger partial charge in [-0.25, -0.2) is 18.2 Å². The van der Waals surface area contributed by atoms with E-state index in [1.807, 2.05) is 0 Å². The van der Waals surface area contributed by atoms with E-state index in [-0.39, 0.29) is 23.4 Å². The highest BCUT2D eigenvalue weighted by atomic mass is 32.2. The zero-order valence-electron chi connectivity index (χ0n) is 17.6. The number of hydrogen-bond donors (Lipinski definition) is 1. The van der Waals surface area contributed by atoms with Crippen LogP contribution in [-0.2, 0) is 14.6 Å². The fourth-order valence-electron chi connectivity index (χ4n) is 3.69. The first kappa shape index (κ1) is 21.5. The summed E-state index contributed by atoms with van der Waals surface area (Å²) in [6.07, 6.45) is 1.14. The summed E-state index contributed by atoms with van der Waals surface area (Å²) in [4.78, 5) is 33.0. The van der Waals surface area contributed by atoms with Crippen LogP contribution < -0.4 is 19.7 Å². The van der Waals surface area contributed by atoms with Crippen molar-refractivity contribution in [1.29, 1.82) is 0 Å². The van der Waals surface area contributed by atoms with Crippen LogP contribution in [0.4, 0.5) is 15.6 Å². The summed E-state index contributed by atoms with van der Waals surface area (Å²) < 4.78 is 35.2. The van der Waals surface area contributed by atoms with Gasteiger partial charge >= 0.3 is 6.03 Å². The van der Waals surface area contributed by atoms with Crippen molar-refractivity contribution in [1.82, 2.24) is 9.88 Å². The number of urea groups is 1. The molecule has 0 atom stereocenters. The lowest BCUT2D eigenvalue weighted by Crippen LogP contribution is -2.37. The highest BCUT2D eigenvalue weighted by Gasteiger charge is 2.31. The normalized spacial score (nSPS) is 15.8. The summed E-state index contributed by atoms with van der Waals surface area (Å²) in [7, 11) is -3.34. The highest BCUT2D eigenvalue weighted by Crippen LogP contribution is 2.35. The third kappa shape index (κ3) is 4.31. The number of nitrogens with one attached hydrogen (secondary N) is 1. The van der Waals surface area contributed by atoms with Crippen molar-refractivity contribution in [2.45, 2.75) is 4.90 Å². The fraction of sp³-hybridized carbons (Fsp3) is 0.286. The van der Waals surface area contributed by atoms with Crippen LogP contribution in [0.2, 0.25) is 0 Å². The zero-order valence-corrected chi connectivity index (χ0v) is 19.2. The Hall–Kier alpha value is -3.38. The molecule has 5 rings (SSSR count). The average molecular weight is 489 g/mol. The summed E-state index contributed by atoms with van der Waals surface area (Å²) in [5.74, 6) is 0.861. The van der Waals surface area contributed by atoms with Gasteiger partial charge in [-0.3, -0.25) is 9.69 Å². The lowest BCUT2D eigenvalue weighted by molar-refractivity contribution is -0.116. The van der Waals surface area contributed by atoms with Crippen LogP contribution in [0.3, 0.4) is 0 Å². The van der Waals surface area contributed by atoms with E-state index < -0.39 is 9.84 Å². The first-order valence-electron chi connectivity index (χ1n) is 10.1. The maximum Gasteiger partial charge on any atom is 0.325 e. The fourth-order valence-corrected chi connectivity index (χ4v) is 5.33. The molecule has 2 aromatic carbocycles. The van der Waals surface area contributed by atoms with E-state index in [1.165, 1.54) is 28.4 Å². The first-order chi connectivity index (χ1) is 15.8. The number of nitrogens with zero attached hydrogens (tertiary/aromatic N) is 3. The molecule has 0 bridgehead atoms. The van der Waals surface area contributed by atoms with Gasteiger partial charge in [0, 0.05) is 31.1 Å². The van der Waals surface area contributed by atoms with Crippen molar-refractivity contribution >= 4 is 54.1 Å². The van der Waals surface area contributed by atoms with E-state index >= 15 is 0 Å². The summed E-state index contributed by atoms with van der Waals surface area (Å²) in [5.41, 5.74) is 1.27.